The monoisotopic (exact) mass is 358 g/mol. The summed E-state index contributed by atoms with van der Waals surface area (Å²) in [6.45, 7) is 7.85. The van der Waals surface area contributed by atoms with E-state index < -0.39 is 24.1 Å². The minimum Gasteiger partial charge on any atom is -0.460 e. The Balaban J connectivity index is 3.74. The van der Waals surface area contributed by atoms with Gasteiger partial charge in [0.15, 0.2) is 18.0 Å². The molecule has 0 aromatic rings. The first-order valence-electron chi connectivity index (χ1n) is 8.73. The van der Waals surface area contributed by atoms with Gasteiger partial charge in [0.2, 0.25) is 0 Å². The predicted octanol–water partition coefficient (Wildman–Crippen LogP) is 2.73. The van der Waals surface area contributed by atoms with Crippen molar-refractivity contribution in [3.63, 3.8) is 0 Å². The largest absolute Gasteiger partial charge is 0.460 e. The van der Waals surface area contributed by atoms with E-state index >= 15 is 0 Å². The molecule has 0 saturated heterocycles. The van der Waals surface area contributed by atoms with E-state index in [2.05, 4.69) is 0 Å². The molecule has 144 valence electrons. The van der Waals surface area contributed by atoms with Gasteiger partial charge in [-0.25, -0.2) is 4.79 Å². The van der Waals surface area contributed by atoms with Crippen LogP contribution in [0.4, 0.5) is 0 Å². The second-order valence-electron chi connectivity index (χ2n) is 6.27. The van der Waals surface area contributed by atoms with Crippen LogP contribution in [0.1, 0.15) is 73.1 Å². The Kier molecular flexibility index (Phi) is 11.5. The average molecular weight is 358 g/mol. The summed E-state index contributed by atoms with van der Waals surface area (Å²) in [5, 5.41) is 0. The van der Waals surface area contributed by atoms with E-state index in [9.17, 15) is 19.2 Å². The van der Waals surface area contributed by atoms with Gasteiger partial charge in [0.25, 0.3) is 0 Å². The summed E-state index contributed by atoms with van der Waals surface area (Å²) in [5.74, 6) is -1.57. The minimum absolute atomic E-state index is 0.182. The van der Waals surface area contributed by atoms with Crippen molar-refractivity contribution in [1.29, 1.82) is 0 Å². The van der Waals surface area contributed by atoms with Crippen molar-refractivity contribution in [3.05, 3.63) is 0 Å². The zero-order valence-electron chi connectivity index (χ0n) is 15.8. The molecule has 0 aliphatic heterocycles. The molecule has 2 unspecified atom stereocenters. The quantitative estimate of drug-likeness (QED) is 0.301. The van der Waals surface area contributed by atoms with Gasteiger partial charge in [0.05, 0.1) is 6.10 Å². The van der Waals surface area contributed by atoms with Gasteiger partial charge < -0.3 is 14.2 Å². The summed E-state index contributed by atoms with van der Waals surface area (Å²) in [5.41, 5.74) is 0. The molecule has 0 aliphatic carbocycles. The molecular weight excluding hydrogens is 328 g/mol. The molecule has 0 aromatic heterocycles. The molecule has 0 N–H and O–H groups in total. The number of ether oxygens (including phenoxy) is 3. The highest BCUT2D eigenvalue weighted by Gasteiger charge is 2.20. The summed E-state index contributed by atoms with van der Waals surface area (Å²) in [4.78, 5) is 45.6. The number of Topliss-reactive ketones (excluding diaryl/α,β-unsaturated/α-hetero) is 1. The lowest BCUT2D eigenvalue weighted by atomic mass is 10.1. The number of ketones is 1. The second kappa shape index (κ2) is 12.4. The minimum atomic E-state index is -0.909. The fraction of sp³-hybridized carbons (Fsp3) is 0.778. The van der Waals surface area contributed by atoms with Gasteiger partial charge in [0, 0.05) is 12.8 Å². The number of rotatable bonds is 12. The molecule has 0 spiro atoms. The van der Waals surface area contributed by atoms with E-state index in [1.165, 1.54) is 13.8 Å². The first-order chi connectivity index (χ1) is 11.6. The molecule has 0 heterocycles. The average Bonchev–Trinajstić information content (AvgIpc) is 2.49. The predicted molar refractivity (Wildman–Crippen MR) is 90.7 cm³/mol. The summed E-state index contributed by atoms with van der Waals surface area (Å²) >= 11 is 0. The van der Waals surface area contributed by atoms with Gasteiger partial charge in [-0.05, 0) is 47.5 Å². The zero-order valence-corrected chi connectivity index (χ0v) is 15.8. The maximum atomic E-state index is 11.6. The van der Waals surface area contributed by atoms with Crippen molar-refractivity contribution in [3.8, 4) is 0 Å². The van der Waals surface area contributed by atoms with E-state index in [0.29, 0.717) is 12.8 Å². The molecule has 0 bridgehead atoms. The van der Waals surface area contributed by atoms with Crippen molar-refractivity contribution < 1.29 is 33.4 Å². The standard InChI is InChI=1S/C18H30O7/c1-12(2)23-18(22)15(5)25-17(21)11-9-7-6-8-10-16(20)24-14(4)13(3)19/h12,14-15H,6-11H2,1-5H3. The van der Waals surface area contributed by atoms with Crippen LogP contribution in [0.5, 0.6) is 0 Å². The van der Waals surface area contributed by atoms with E-state index in [1.54, 1.807) is 20.8 Å². The van der Waals surface area contributed by atoms with Gasteiger partial charge in [-0.15, -0.1) is 0 Å². The van der Waals surface area contributed by atoms with Crippen molar-refractivity contribution in [2.45, 2.75) is 91.5 Å². The Hall–Kier alpha value is -1.92. The molecule has 0 amide bonds. The van der Waals surface area contributed by atoms with Crippen LogP contribution < -0.4 is 0 Å². The molecule has 7 nitrogen and oxygen atoms in total. The summed E-state index contributed by atoms with van der Waals surface area (Å²) in [7, 11) is 0. The molecule has 0 aliphatic rings. The smallest absolute Gasteiger partial charge is 0.347 e. The third-order valence-corrected chi connectivity index (χ3v) is 3.38. The lowest BCUT2D eigenvalue weighted by molar-refractivity contribution is -0.169. The second-order valence-corrected chi connectivity index (χ2v) is 6.27. The van der Waals surface area contributed by atoms with Crippen molar-refractivity contribution >= 4 is 23.7 Å². The molecule has 0 fully saturated rings. The van der Waals surface area contributed by atoms with Crippen LogP contribution in [0.2, 0.25) is 0 Å². The third-order valence-electron chi connectivity index (χ3n) is 3.38. The first kappa shape index (κ1) is 23.1. The van der Waals surface area contributed by atoms with Gasteiger partial charge >= 0.3 is 17.9 Å². The SMILES string of the molecule is CC(=O)C(C)OC(=O)CCCCCCC(=O)OC(C)C(=O)OC(C)C. The van der Waals surface area contributed by atoms with Crippen LogP contribution in [0.3, 0.4) is 0 Å². The summed E-state index contributed by atoms with van der Waals surface area (Å²) < 4.78 is 14.9. The molecule has 2 atom stereocenters. The number of hydrogen-bond donors (Lipinski definition) is 0. The van der Waals surface area contributed by atoms with Crippen LogP contribution >= 0.6 is 0 Å². The molecule has 7 heteroatoms. The van der Waals surface area contributed by atoms with E-state index in [-0.39, 0.29) is 30.7 Å². The van der Waals surface area contributed by atoms with Gasteiger partial charge in [-0.3, -0.25) is 14.4 Å². The summed E-state index contributed by atoms with van der Waals surface area (Å²) in [6, 6.07) is 0. The van der Waals surface area contributed by atoms with Crippen LogP contribution in [0.15, 0.2) is 0 Å². The third kappa shape index (κ3) is 12.1. The number of esters is 3. The number of hydrogen-bond acceptors (Lipinski definition) is 7. The Bertz CT molecular complexity index is 456. The van der Waals surface area contributed by atoms with Crippen LogP contribution in [0.25, 0.3) is 0 Å². The van der Waals surface area contributed by atoms with Crippen LogP contribution in [0, 0.1) is 0 Å². The lowest BCUT2D eigenvalue weighted by Crippen LogP contribution is -2.28. The van der Waals surface area contributed by atoms with Crippen molar-refractivity contribution in [2.75, 3.05) is 0 Å². The Morgan fingerprint density at radius 3 is 1.52 bits per heavy atom. The Morgan fingerprint density at radius 1 is 0.680 bits per heavy atom. The fourth-order valence-electron chi connectivity index (χ4n) is 1.86. The maximum absolute atomic E-state index is 11.6. The number of unbranched alkanes of at least 4 members (excludes halogenated alkanes) is 3. The van der Waals surface area contributed by atoms with Gasteiger partial charge in [-0.2, -0.15) is 0 Å². The van der Waals surface area contributed by atoms with Crippen molar-refractivity contribution in [2.24, 2.45) is 0 Å². The highest BCUT2D eigenvalue weighted by molar-refractivity contribution is 5.83. The molecule has 0 saturated carbocycles. The highest BCUT2D eigenvalue weighted by atomic mass is 16.6. The highest BCUT2D eigenvalue weighted by Crippen LogP contribution is 2.09. The van der Waals surface area contributed by atoms with Gasteiger partial charge in [-0.1, -0.05) is 12.8 Å². The van der Waals surface area contributed by atoms with E-state index in [1.807, 2.05) is 0 Å². The van der Waals surface area contributed by atoms with Crippen LogP contribution in [-0.2, 0) is 33.4 Å². The van der Waals surface area contributed by atoms with E-state index in [4.69, 9.17) is 14.2 Å². The summed E-state index contributed by atoms with van der Waals surface area (Å²) in [6.07, 6.45) is 1.38. The topological polar surface area (TPSA) is 96.0 Å². The maximum Gasteiger partial charge on any atom is 0.347 e. The van der Waals surface area contributed by atoms with Crippen LogP contribution in [-0.4, -0.2) is 42.0 Å². The zero-order chi connectivity index (χ0) is 19.4. The number of carbonyl (C=O) groups excluding carboxylic acids is 4. The fourth-order valence-corrected chi connectivity index (χ4v) is 1.86. The molecular formula is C18H30O7. The number of carbonyl (C=O) groups is 4. The molecule has 0 aromatic carbocycles. The Morgan fingerprint density at radius 2 is 1.12 bits per heavy atom. The first-order valence-corrected chi connectivity index (χ1v) is 8.73. The van der Waals surface area contributed by atoms with Gasteiger partial charge in [0.1, 0.15) is 0 Å². The van der Waals surface area contributed by atoms with E-state index in [0.717, 1.165) is 12.8 Å². The Labute approximate surface area is 149 Å². The normalized spacial score (nSPS) is 13.0. The molecule has 0 rings (SSSR count). The molecule has 0 radical (unpaired) electrons. The molecule has 25 heavy (non-hydrogen) atoms. The lowest BCUT2D eigenvalue weighted by Gasteiger charge is -2.14. The van der Waals surface area contributed by atoms with Crippen molar-refractivity contribution in [1.82, 2.24) is 0 Å².